The van der Waals surface area contributed by atoms with E-state index in [1.807, 2.05) is 0 Å². The highest BCUT2D eigenvalue weighted by molar-refractivity contribution is 6.00. The van der Waals surface area contributed by atoms with Crippen molar-refractivity contribution >= 4 is 11.9 Å². The van der Waals surface area contributed by atoms with Gasteiger partial charge >= 0.3 is 11.9 Å². The highest BCUT2D eigenvalue weighted by Crippen LogP contribution is 2.23. The van der Waals surface area contributed by atoms with E-state index in [4.69, 9.17) is 9.47 Å². The van der Waals surface area contributed by atoms with Crippen LogP contribution < -0.4 is 0 Å². The van der Waals surface area contributed by atoms with Crippen LogP contribution in [0.25, 0.3) is 0 Å². The topological polar surface area (TPSA) is 52.6 Å². The van der Waals surface area contributed by atoms with Gasteiger partial charge in [0.15, 0.2) is 0 Å². The molecule has 0 spiro atoms. The first-order valence-electron chi connectivity index (χ1n) is 12.7. The third kappa shape index (κ3) is 14.6. The smallest absolute Gasteiger partial charge is 0.334 e. The Morgan fingerprint density at radius 3 is 1.20 bits per heavy atom. The van der Waals surface area contributed by atoms with Gasteiger partial charge in [-0.2, -0.15) is 0 Å². The fourth-order valence-corrected chi connectivity index (χ4v) is 3.36. The van der Waals surface area contributed by atoms with Gasteiger partial charge in [-0.1, -0.05) is 91.9 Å². The minimum absolute atomic E-state index is 0.310. The van der Waals surface area contributed by atoms with Crippen molar-refractivity contribution < 1.29 is 19.1 Å². The first-order chi connectivity index (χ1) is 14.6. The van der Waals surface area contributed by atoms with Crippen LogP contribution in [0.1, 0.15) is 130 Å². The Hall–Kier alpha value is -1.32. The molecule has 4 nitrogen and oxygen atoms in total. The summed E-state index contributed by atoms with van der Waals surface area (Å²) in [4.78, 5) is 25.7. The normalized spacial score (nSPS) is 11.9. The maximum absolute atomic E-state index is 12.9. The van der Waals surface area contributed by atoms with Gasteiger partial charge in [-0.25, -0.2) is 9.59 Å². The maximum atomic E-state index is 12.9. The minimum atomic E-state index is -0.312. The zero-order chi connectivity index (χ0) is 22.5. The number of carbonyl (C=O) groups is 2. The van der Waals surface area contributed by atoms with Crippen LogP contribution >= 0.6 is 0 Å². The third-order valence-corrected chi connectivity index (χ3v) is 5.38. The summed E-state index contributed by atoms with van der Waals surface area (Å²) >= 11 is 0. The fraction of sp³-hybridized carbons (Fsp3) is 0.846. The average molecular weight is 425 g/mol. The standard InChI is InChI=1S/C26H48O4/c1-5-9-13-15-16-18-20-24(26(28)30-22-12-8-4)23(19-17-14-10-6-2)25(27)29-21-11-7-3/h5-22H2,1-4H3/b24-23-. The van der Waals surface area contributed by atoms with Crippen LogP contribution in [0.5, 0.6) is 0 Å². The summed E-state index contributed by atoms with van der Waals surface area (Å²) in [6.45, 7) is 9.37. The second kappa shape index (κ2) is 20.9. The van der Waals surface area contributed by atoms with Gasteiger partial charge < -0.3 is 9.47 Å². The van der Waals surface area contributed by atoms with Gasteiger partial charge in [0, 0.05) is 11.1 Å². The molecule has 0 saturated carbocycles. The Labute approximate surface area is 186 Å². The molecule has 0 bridgehead atoms. The molecule has 0 aromatic rings. The number of hydrogen-bond acceptors (Lipinski definition) is 4. The zero-order valence-corrected chi connectivity index (χ0v) is 20.4. The van der Waals surface area contributed by atoms with Gasteiger partial charge in [0.05, 0.1) is 13.2 Å². The van der Waals surface area contributed by atoms with Crippen LogP contribution in [0.4, 0.5) is 0 Å². The lowest BCUT2D eigenvalue weighted by Crippen LogP contribution is -2.18. The Kier molecular flexibility index (Phi) is 20.0. The lowest BCUT2D eigenvalue weighted by molar-refractivity contribution is -0.142. The molecule has 0 radical (unpaired) electrons. The molecule has 0 amide bonds. The van der Waals surface area contributed by atoms with Gasteiger partial charge in [-0.3, -0.25) is 0 Å². The molecule has 0 rings (SSSR count). The first-order valence-corrected chi connectivity index (χ1v) is 12.7. The van der Waals surface area contributed by atoms with Crippen molar-refractivity contribution in [2.75, 3.05) is 13.2 Å². The molecule has 4 heteroatoms. The molecule has 0 aliphatic heterocycles. The van der Waals surface area contributed by atoms with Crippen molar-refractivity contribution in [2.24, 2.45) is 0 Å². The molecule has 0 N–H and O–H groups in total. The second-order valence-corrected chi connectivity index (χ2v) is 8.26. The Balaban J connectivity index is 5.29. The lowest BCUT2D eigenvalue weighted by Gasteiger charge is -2.15. The Morgan fingerprint density at radius 1 is 0.467 bits per heavy atom. The first kappa shape index (κ1) is 28.7. The minimum Gasteiger partial charge on any atom is -0.462 e. The summed E-state index contributed by atoms with van der Waals surface area (Å²) in [5, 5.41) is 0. The molecular weight excluding hydrogens is 376 g/mol. The summed E-state index contributed by atoms with van der Waals surface area (Å²) in [5.74, 6) is -0.622. The summed E-state index contributed by atoms with van der Waals surface area (Å²) < 4.78 is 11.0. The Bertz CT molecular complexity index is 468. The van der Waals surface area contributed by atoms with E-state index in [-0.39, 0.29) is 11.9 Å². The van der Waals surface area contributed by atoms with Crippen molar-refractivity contribution in [1.29, 1.82) is 0 Å². The summed E-state index contributed by atoms with van der Waals surface area (Å²) in [6.07, 6.45) is 16.0. The number of esters is 2. The SMILES string of the molecule is CCCCCCCC/C(C(=O)OCCCC)=C(\CCCCCC)C(=O)OCCCC. The molecule has 30 heavy (non-hydrogen) atoms. The van der Waals surface area contributed by atoms with Crippen molar-refractivity contribution in [2.45, 2.75) is 130 Å². The van der Waals surface area contributed by atoms with Crippen molar-refractivity contribution in [3.8, 4) is 0 Å². The molecule has 0 aliphatic rings. The van der Waals surface area contributed by atoms with Crippen LogP contribution in [0.2, 0.25) is 0 Å². The van der Waals surface area contributed by atoms with Gasteiger partial charge in [-0.05, 0) is 38.5 Å². The van der Waals surface area contributed by atoms with Crippen molar-refractivity contribution in [1.82, 2.24) is 0 Å². The van der Waals surface area contributed by atoms with Gasteiger partial charge in [0.1, 0.15) is 0 Å². The number of rotatable bonds is 20. The van der Waals surface area contributed by atoms with E-state index in [1.54, 1.807) is 0 Å². The number of unbranched alkanes of at least 4 members (excludes halogenated alkanes) is 10. The molecule has 0 saturated heterocycles. The van der Waals surface area contributed by atoms with E-state index in [9.17, 15) is 9.59 Å². The second-order valence-electron chi connectivity index (χ2n) is 8.26. The van der Waals surface area contributed by atoms with Crippen molar-refractivity contribution in [3.63, 3.8) is 0 Å². The van der Waals surface area contributed by atoms with Crippen LogP contribution in [0.15, 0.2) is 11.1 Å². The Morgan fingerprint density at radius 2 is 0.800 bits per heavy atom. The highest BCUT2D eigenvalue weighted by atomic mass is 16.5. The maximum Gasteiger partial charge on any atom is 0.334 e. The average Bonchev–Trinajstić information content (AvgIpc) is 2.74. The third-order valence-electron chi connectivity index (χ3n) is 5.38. The molecule has 0 aliphatic carbocycles. The lowest BCUT2D eigenvalue weighted by atomic mass is 9.96. The van der Waals surface area contributed by atoms with Gasteiger partial charge in [-0.15, -0.1) is 0 Å². The van der Waals surface area contributed by atoms with Gasteiger partial charge in [0.2, 0.25) is 0 Å². The van der Waals surface area contributed by atoms with Crippen LogP contribution in [-0.2, 0) is 19.1 Å². The molecule has 0 heterocycles. The summed E-state index contributed by atoms with van der Waals surface area (Å²) in [5.41, 5.74) is 1.14. The van der Waals surface area contributed by atoms with Crippen molar-refractivity contribution in [3.05, 3.63) is 11.1 Å². The van der Waals surface area contributed by atoms with E-state index in [0.29, 0.717) is 37.2 Å². The molecule has 0 unspecified atom stereocenters. The van der Waals surface area contributed by atoms with E-state index in [0.717, 1.165) is 64.2 Å². The number of hydrogen-bond donors (Lipinski definition) is 0. The largest absolute Gasteiger partial charge is 0.462 e. The molecule has 0 aromatic carbocycles. The van der Waals surface area contributed by atoms with Gasteiger partial charge in [0.25, 0.3) is 0 Å². The molecular formula is C26H48O4. The number of carbonyl (C=O) groups excluding carboxylic acids is 2. The van der Waals surface area contributed by atoms with E-state index in [1.165, 1.54) is 25.7 Å². The van der Waals surface area contributed by atoms with Crippen LogP contribution in [-0.4, -0.2) is 25.2 Å². The van der Waals surface area contributed by atoms with E-state index < -0.39 is 0 Å². The predicted molar refractivity (Wildman–Crippen MR) is 126 cm³/mol. The number of ether oxygens (including phenoxy) is 2. The monoisotopic (exact) mass is 424 g/mol. The molecule has 176 valence electrons. The van der Waals surface area contributed by atoms with E-state index in [2.05, 4.69) is 27.7 Å². The predicted octanol–water partition coefficient (Wildman–Crippen LogP) is 7.69. The molecule has 0 atom stereocenters. The summed E-state index contributed by atoms with van der Waals surface area (Å²) in [7, 11) is 0. The molecule has 0 aromatic heterocycles. The quantitative estimate of drug-likeness (QED) is 0.114. The molecule has 0 fully saturated rings. The van der Waals surface area contributed by atoms with Crippen LogP contribution in [0, 0.1) is 0 Å². The highest BCUT2D eigenvalue weighted by Gasteiger charge is 2.23. The van der Waals surface area contributed by atoms with E-state index >= 15 is 0 Å². The summed E-state index contributed by atoms with van der Waals surface area (Å²) in [6, 6.07) is 0. The zero-order valence-electron chi connectivity index (χ0n) is 20.4. The van der Waals surface area contributed by atoms with Crippen LogP contribution in [0.3, 0.4) is 0 Å². The fourth-order valence-electron chi connectivity index (χ4n) is 3.36.